The van der Waals surface area contributed by atoms with Gasteiger partial charge in [0.15, 0.2) is 0 Å². The van der Waals surface area contributed by atoms with Gasteiger partial charge < -0.3 is 4.90 Å². The van der Waals surface area contributed by atoms with Crippen molar-refractivity contribution in [2.45, 2.75) is 38.3 Å². The molecule has 2 unspecified atom stereocenters. The summed E-state index contributed by atoms with van der Waals surface area (Å²) in [7, 11) is 0. The molecule has 2 aliphatic heterocycles. The highest BCUT2D eigenvalue weighted by Crippen LogP contribution is 2.34. The number of piperidine rings is 1. The Labute approximate surface area is 140 Å². The lowest BCUT2D eigenvalue weighted by atomic mass is 9.86. The molecule has 0 N–H and O–H groups in total. The number of carbonyl (C=O) groups excluding carboxylic acids is 1. The number of carbonyl (C=O) groups is 1. The number of halogens is 2. The number of nitrogens with zero attached hydrogens (tertiary/aromatic N) is 2. The van der Waals surface area contributed by atoms with Crippen molar-refractivity contribution in [2.75, 3.05) is 19.6 Å². The zero-order valence-corrected chi connectivity index (χ0v) is 13.7. The normalized spacial score (nSPS) is 26.0. The van der Waals surface area contributed by atoms with Crippen LogP contribution in [0.1, 0.15) is 31.2 Å². The Kier molecular flexibility index (Phi) is 4.12. The highest BCUT2D eigenvalue weighted by molar-refractivity contribution is 5.94. The molecular formula is C19H22F2N2O. The van der Waals surface area contributed by atoms with Crippen LogP contribution in [0, 0.1) is 17.6 Å². The second-order valence-corrected chi connectivity index (χ2v) is 7.20. The van der Waals surface area contributed by atoms with Gasteiger partial charge in [-0.1, -0.05) is 6.08 Å². The standard InChI is InChI=1S/C19H22F2N2O/c20-15-8-13(9-16(21)10-15)11-23(17-3-4-17)19(24)18-5-7-22-6-1-2-14(18)12-22/h5,8-10,14,17H,1-4,6-7,11-12H2. The summed E-state index contributed by atoms with van der Waals surface area (Å²) in [6.07, 6.45) is 6.22. The Morgan fingerprint density at radius 3 is 2.62 bits per heavy atom. The fraction of sp³-hybridized carbons (Fsp3) is 0.526. The lowest BCUT2D eigenvalue weighted by Crippen LogP contribution is -2.44. The van der Waals surface area contributed by atoms with Crippen LogP contribution in [0.15, 0.2) is 29.8 Å². The topological polar surface area (TPSA) is 23.6 Å². The maximum atomic E-state index is 13.5. The largest absolute Gasteiger partial charge is 0.332 e. The number of hydrogen-bond donors (Lipinski definition) is 0. The molecule has 1 aromatic rings. The van der Waals surface area contributed by atoms with E-state index in [-0.39, 0.29) is 18.5 Å². The van der Waals surface area contributed by atoms with Crippen molar-refractivity contribution in [2.24, 2.45) is 5.92 Å². The first-order chi connectivity index (χ1) is 11.6. The van der Waals surface area contributed by atoms with Crippen molar-refractivity contribution in [3.63, 3.8) is 0 Å². The Balaban J connectivity index is 1.55. The SMILES string of the molecule is O=C(C1=CCN2CCCC1C2)N(Cc1cc(F)cc(F)c1)C1CC1. The summed E-state index contributed by atoms with van der Waals surface area (Å²) in [5, 5.41) is 0. The predicted molar refractivity (Wildman–Crippen MR) is 87.2 cm³/mol. The van der Waals surface area contributed by atoms with Crippen LogP contribution in [0.4, 0.5) is 8.78 Å². The predicted octanol–water partition coefficient (Wildman–Crippen LogP) is 3.11. The van der Waals surface area contributed by atoms with Gasteiger partial charge in [0.1, 0.15) is 11.6 Å². The van der Waals surface area contributed by atoms with Crippen molar-refractivity contribution in [3.05, 3.63) is 47.0 Å². The van der Waals surface area contributed by atoms with Crippen molar-refractivity contribution in [3.8, 4) is 0 Å². The van der Waals surface area contributed by atoms with E-state index in [2.05, 4.69) is 11.0 Å². The van der Waals surface area contributed by atoms with E-state index >= 15 is 0 Å². The molecule has 1 amide bonds. The minimum atomic E-state index is -0.590. The van der Waals surface area contributed by atoms with Crippen LogP contribution in [0.2, 0.25) is 0 Å². The maximum Gasteiger partial charge on any atom is 0.250 e. The summed E-state index contributed by atoms with van der Waals surface area (Å²) in [5.74, 6) is -0.805. The van der Waals surface area contributed by atoms with Gasteiger partial charge in [-0.2, -0.15) is 0 Å². The van der Waals surface area contributed by atoms with Crippen LogP contribution in [-0.4, -0.2) is 41.4 Å². The van der Waals surface area contributed by atoms with Gasteiger partial charge in [0, 0.05) is 43.2 Å². The lowest BCUT2D eigenvalue weighted by Gasteiger charge is -2.38. The Morgan fingerprint density at radius 1 is 1.17 bits per heavy atom. The van der Waals surface area contributed by atoms with Gasteiger partial charge in [0.25, 0.3) is 0 Å². The smallest absolute Gasteiger partial charge is 0.250 e. The van der Waals surface area contributed by atoms with Crippen molar-refractivity contribution in [1.82, 2.24) is 9.80 Å². The first-order valence-electron chi connectivity index (χ1n) is 8.78. The van der Waals surface area contributed by atoms with Crippen molar-refractivity contribution >= 4 is 5.91 Å². The number of rotatable bonds is 4. The molecule has 0 aromatic heterocycles. The molecule has 128 valence electrons. The molecule has 0 spiro atoms. The van der Waals surface area contributed by atoms with Gasteiger partial charge in [-0.15, -0.1) is 0 Å². The van der Waals surface area contributed by atoms with E-state index in [9.17, 15) is 13.6 Å². The van der Waals surface area contributed by atoms with Crippen molar-refractivity contribution in [1.29, 1.82) is 0 Å². The lowest BCUT2D eigenvalue weighted by molar-refractivity contribution is -0.129. The summed E-state index contributed by atoms with van der Waals surface area (Å²) in [6, 6.07) is 3.73. The number of hydrogen-bond acceptors (Lipinski definition) is 2. The Hall–Kier alpha value is -1.75. The Bertz CT molecular complexity index is 664. The average Bonchev–Trinajstić information content (AvgIpc) is 3.36. The second kappa shape index (κ2) is 6.28. The molecule has 2 fully saturated rings. The van der Waals surface area contributed by atoms with Crippen LogP contribution in [-0.2, 0) is 11.3 Å². The monoisotopic (exact) mass is 332 g/mol. The molecule has 5 heteroatoms. The molecule has 24 heavy (non-hydrogen) atoms. The van der Waals surface area contributed by atoms with E-state index in [1.807, 2.05) is 4.90 Å². The van der Waals surface area contributed by atoms with Crippen LogP contribution in [0.3, 0.4) is 0 Å². The van der Waals surface area contributed by atoms with Crippen LogP contribution in [0.25, 0.3) is 0 Å². The third-order valence-electron chi connectivity index (χ3n) is 5.29. The third kappa shape index (κ3) is 3.22. The first-order valence-corrected chi connectivity index (χ1v) is 8.78. The van der Waals surface area contributed by atoms with Gasteiger partial charge in [0.05, 0.1) is 0 Å². The zero-order chi connectivity index (χ0) is 16.7. The fourth-order valence-corrected chi connectivity index (χ4v) is 3.95. The molecular weight excluding hydrogens is 310 g/mol. The third-order valence-corrected chi connectivity index (χ3v) is 5.29. The summed E-state index contributed by atoms with van der Waals surface area (Å²) in [4.78, 5) is 17.3. The maximum absolute atomic E-state index is 13.5. The molecule has 2 atom stereocenters. The number of fused-ring (bicyclic) bond motifs is 2. The Morgan fingerprint density at radius 2 is 1.92 bits per heavy atom. The van der Waals surface area contributed by atoms with E-state index < -0.39 is 11.6 Å². The second-order valence-electron chi connectivity index (χ2n) is 7.20. The molecule has 3 aliphatic rings. The molecule has 1 saturated heterocycles. The summed E-state index contributed by atoms with van der Waals surface area (Å²) in [6.45, 7) is 3.20. The molecule has 0 radical (unpaired) electrons. The van der Waals surface area contributed by atoms with E-state index in [1.54, 1.807) is 0 Å². The van der Waals surface area contributed by atoms with Gasteiger partial charge >= 0.3 is 0 Å². The molecule has 1 aliphatic carbocycles. The molecule has 4 rings (SSSR count). The zero-order valence-electron chi connectivity index (χ0n) is 13.7. The summed E-state index contributed by atoms with van der Waals surface area (Å²) >= 11 is 0. The quantitative estimate of drug-likeness (QED) is 0.846. The number of amides is 1. The summed E-state index contributed by atoms with van der Waals surface area (Å²) < 4.78 is 26.9. The molecule has 2 bridgehead atoms. The highest BCUT2D eigenvalue weighted by atomic mass is 19.1. The average molecular weight is 332 g/mol. The van der Waals surface area contributed by atoms with Crippen molar-refractivity contribution < 1.29 is 13.6 Å². The van der Waals surface area contributed by atoms with Gasteiger partial charge in [-0.05, 0) is 49.9 Å². The molecule has 1 aromatic carbocycles. The van der Waals surface area contributed by atoms with E-state index in [0.717, 1.165) is 57.0 Å². The highest BCUT2D eigenvalue weighted by Gasteiger charge is 2.37. The van der Waals surface area contributed by atoms with Gasteiger partial charge in [0.2, 0.25) is 5.91 Å². The van der Waals surface area contributed by atoms with Gasteiger partial charge in [-0.25, -0.2) is 8.78 Å². The van der Waals surface area contributed by atoms with Gasteiger partial charge in [-0.3, -0.25) is 9.69 Å². The fourth-order valence-electron chi connectivity index (χ4n) is 3.95. The van der Waals surface area contributed by atoms with E-state index in [4.69, 9.17) is 0 Å². The minimum absolute atomic E-state index is 0.0636. The molecule has 1 saturated carbocycles. The van der Waals surface area contributed by atoms with E-state index in [0.29, 0.717) is 11.5 Å². The molecule has 3 nitrogen and oxygen atoms in total. The first kappa shape index (κ1) is 15.8. The minimum Gasteiger partial charge on any atom is -0.332 e. The van der Waals surface area contributed by atoms with E-state index in [1.165, 1.54) is 12.1 Å². The van der Waals surface area contributed by atoms with Crippen LogP contribution >= 0.6 is 0 Å². The molecule has 2 heterocycles. The van der Waals surface area contributed by atoms with Crippen LogP contribution < -0.4 is 0 Å². The number of benzene rings is 1. The summed E-state index contributed by atoms with van der Waals surface area (Å²) in [5.41, 5.74) is 1.43. The van der Waals surface area contributed by atoms with Crippen LogP contribution in [0.5, 0.6) is 0 Å².